The Bertz CT molecular complexity index is 1030. The minimum Gasteiger partial charge on any atom is -0.351 e. The summed E-state index contributed by atoms with van der Waals surface area (Å²) in [5.41, 5.74) is 1.89. The highest BCUT2D eigenvalue weighted by Gasteiger charge is 2.31. The molecule has 0 spiro atoms. The van der Waals surface area contributed by atoms with E-state index in [0.717, 1.165) is 24.2 Å². The second kappa shape index (κ2) is 7.82. The number of nitrogens with zero attached hydrogens (tertiary/aromatic N) is 5. The Balaban J connectivity index is 1.58. The average Bonchev–Trinajstić information content (AvgIpc) is 3.16. The fourth-order valence-electron chi connectivity index (χ4n) is 3.59. The number of nitro groups is 1. The first-order valence-corrected chi connectivity index (χ1v) is 9.30. The Morgan fingerprint density at radius 2 is 2.03 bits per heavy atom. The number of hydrogen-bond donors (Lipinski definition) is 2. The number of nitrogens with one attached hydrogen (secondary N) is 2. The zero-order valence-electron chi connectivity index (χ0n) is 15.8. The predicted octanol–water partition coefficient (Wildman–Crippen LogP) is 3.68. The van der Waals surface area contributed by atoms with E-state index in [1.807, 2.05) is 17.9 Å². The second-order valence-corrected chi connectivity index (χ2v) is 6.99. The normalized spacial score (nSPS) is 14.8. The van der Waals surface area contributed by atoms with E-state index in [4.69, 9.17) is 0 Å². The van der Waals surface area contributed by atoms with Crippen molar-refractivity contribution in [2.24, 2.45) is 0 Å². The molecule has 0 atom stereocenters. The number of anilines is 3. The van der Waals surface area contributed by atoms with Gasteiger partial charge in [0.15, 0.2) is 0 Å². The summed E-state index contributed by atoms with van der Waals surface area (Å²) < 4.78 is 14.0. The fourth-order valence-corrected chi connectivity index (χ4v) is 3.59. The molecule has 9 nitrogen and oxygen atoms in total. The molecule has 29 heavy (non-hydrogen) atoms. The van der Waals surface area contributed by atoms with Crippen LogP contribution >= 0.6 is 0 Å². The molecule has 3 aromatic rings. The van der Waals surface area contributed by atoms with Gasteiger partial charge in [-0.25, -0.2) is 14.4 Å². The molecule has 10 heteroatoms. The van der Waals surface area contributed by atoms with Gasteiger partial charge in [-0.3, -0.25) is 15.2 Å². The van der Waals surface area contributed by atoms with Crippen molar-refractivity contribution in [3.63, 3.8) is 0 Å². The van der Waals surface area contributed by atoms with E-state index >= 15 is 0 Å². The Kier molecular flexibility index (Phi) is 5.07. The van der Waals surface area contributed by atoms with Crippen molar-refractivity contribution >= 4 is 23.0 Å². The smallest absolute Gasteiger partial charge is 0.351 e. The van der Waals surface area contributed by atoms with E-state index in [1.54, 1.807) is 12.1 Å². The molecular formula is C19H20FN7O2. The van der Waals surface area contributed by atoms with Gasteiger partial charge in [0.25, 0.3) is 0 Å². The van der Waals surface area contributed by atoms with Gasteiger partial charge in [-0.05, 0) is 38.0 Å². The van der Waals surface area contributed by atoms with E-state index in [-0.39, 0.29) is 23.0 Å². The first kappa shape index (κ1) is 18.8. The summed E-state index contributed by atoms with van der Waals surface area (Å²) >= 11 is 0. The maximum atomic E-state index is 14.0. The molecule has 0 bridgehead atoms. The number of rotatable bonds is 5. The minimum atomic E-state index is -0.526. The molecule has 2 aromatic heterocycles. The van der Waals surface area contributed by atoms with Crippen molar-refractivity contribution in [3.8, 4) is 0 Å². The minimum absolute atomic E-state index is 0.0323. The summed E-state index contributed by atoms with van der Waals surface area (Å²) in [6.45, 7) is 3.17. The number of benzene rings is 1. The molecule has 1 aromatic carbocycles. The van der Waals surface area contributed by atoms with Gasteiger partial charge in [-0.15, -0.1) is 0 Å². The molecular weight excluding hydrogens is 377 g/mol. The van der Waals surface area contributed by atoms with Gasteiger partial charge in [-0.1, -0.05) is 12.1 Å². The number of piperidine rings is 1. The van der Waals surface area contributed by atoms with Gasteiger partial charge >= 0.3 is 5.69 Å². The van der Waals surface area contributed by atoms with E-state index in [0.29, 0.717) is 19.0 Å². The molecule has 0 saturated carbocycles. The molecule has 1 saturated heterocycles. The third kappa shape index (κ3) is 3.86. The van der Waals surface area contributed by atoms with Crippen molar-refractivity contribution in [1.82, 2.24) is 20.2 Å². The molecule has 1 fully saturated rings. The van der Waals surface area contributed by atoms with E-state index < -0.39 is 10.7 Å². The van der Waals surface area contributed by atoms with E-state index in [2.05, 4.69) is 25.5 Å². The predicted molar refractivity (Wildman–Crippen MR) is 106 cm³/mol. The lowest BCUT2D eigenvalue weighted by atomic mass is 9.93. The quantitative estimate of drug-likeness (QED) is 0.499. The number of H-pyrrole nitrogens is 1. The summed E-state index contributed by atoms with van der Waals surface area (Å²) in [6.07, 6.45) is 2.87. The number of hydrogen-bond acceptors (Lipinski definition) is 7. The molecule has 4 rings (SSSR count). The molecule has 2 N–H and O–H groups in total. The Labute approximate surface area is 166 Å². The van der Waals surface area contributed by atoms with Crippen LogP contribution < -0.4 is 10.2 Å². The van der Waals surface area contributed by atoms with Crippen LogP contribution in [0.4, 0.5) is 27.4 Å². The summed E-state index contributed by atoms with van der Waals surface area (Å²) in [6, 6.07) is 7.99. The lowest BCUT2D eigenvalue weighted by molar-refractivity contribution is -0.383. The van der Waals surface area contributed by atoms with Crippen LogP contribution in [0.3, 0.4) is 0 Å². The molecule has 1 aliphatic heterocycles. The Morgan fingerprint density at radius 1 is 1.28 bits per heavy atom. The SMILES string of the molecule is Cc1cc(C2CCN(c3ncnc(Nc4ccccc4F)c3[N+](=O)[O-])CC2)n[nH]1. The average molecular weight is 397 g/mol. The monoisotopic (exact) mass is 397 g/mol. The third-order valence-electron chi connectivity index (χ3n) is 5.05. The maximum Gasteiger partial charge on any atom is 0.353 e. The standard InChI is InChI=1S/C19H20FN7O2/c1-12-10-16(25-24-12)13-6-8-26(9-7-13)19-17(27(28)29)18(21-11-22-19)23-15-5-3-2-4-14(15)20/h2-5,10-11,13H,6-9H2,1H3,(H,24,25)(H,21,22,23). The van der Waals surface area contributed by atoms with Crippen LogP contribution in [0.2, 0.25) is 0 Å². The van der Waals surface area contributed by atoms with Gasteiger partial charge in [0.2, 0.25) is 11.6 Å². The lowest BCUT2D eigenvalue weighted by Crippen LogP contribution is -2.34. The molecule has 0 aliphatic carbocycles. The van der Waals surface area contributed by atoms with Gasteiger partial charge < -0.3 is 10.2 Å². The number of aromatic amines is 1. The fraction of sp³-hybridized carbons (Fsp3) is 0.316. The van der Waals surface area contributed by atoms with Crippen LogP contribution in [0.15, 0.2) is 36.7 Å². The van der Waals surface area contributed by atoms with Gasteiger partial charge in [-0.2, -0.15) is 5.10 Å². The second-order valence-electron chi connectivity index (χ2n) is 6.99. The summed E-state index contributed by atoms with van der Waals surface area (Å²) in [5.74, 6) is -0.0131. The van der Waals surface area contributed by atoms with Crippen molar-refractivity contribution in [1.29, 1.82) is 0 Å². The van der Waals surface area contributed by atoms with Crippen molar-refractivity contribution in [2.45, 2.75) is 25.7 Å². The number of aryl methyl sites for hydroxylation is 1. The number of aromatic nitrogens is 4. The highest BCUT2D eigenvalue weighted by molar-refractivity contribution is 5.74. The van der Waals surface area contributed by atoms with Gasteiger partial charge in [0.05, 0.1) is 16.3 Å². The van der Waals surface area contributed by atoms with Gasteiger partial charge in [0, 0.05) is 24.7 Å². The lowest BCUT2D eigenvalue weighted by Gasteiger charge is -2.31. The summed E-state index contributed by atoms with van der Waals surface area (Å²) in [5, 5.41) is 21.8. The van der Waals surface area contributed by atoms with Gasteiger partial charge in [0.1, 0.15) is 12.1 Å². The summed E-state index contributed by atoms with van der Waals surface area (Å²) in [4.78, 5) is 21.3. The van der Waals surface area contributed by atoms with Crippen LogP contribution in [-0.2, 0) is 0 Å². The molecule has 150 valence electrons. The van der Waals surface area contributed by atoms with Crippen LogP contribution in [-0.4, -0.2) is 38.2 Å². The molecule has 0 unspecified atom stereocenters. The number of halogens is 1. The highest BCUT2D eigenvalue weighted by Crippen LogP contribution is 2.37. The first-order valence-electron chi connectivity index (χ1n) is 9.30. The Hall–Kier alpha value is -3.56. The molecule has 3 heterocycles. The molecule has 1 aliphatic rings. The van der Waals surface area contributed by atoms with Crippen LogP contribution in [0.1, 0.15) is 30.1 Å². The van der Waals surface area contributed by atoms with Crippen molar-refractivity contribution < 1.29 is 9.31 Å². The highest BCUT2D eigenvalue weighted by atomic mass is 19.1. The Morgan fingerprint density at radius 3 is 2.69 bits per heavy atom. The maximum absolute atomic E-state index is 14.0. The largest absolute Gasteiger partial charge is 0.353 e. The zero-order chi connectivity index (χ0) is 20.4. The van der Waals surface area contributed by atoms with Crippen molar-refractivity contribution in [2.75, 3.05) is 23.3 Å². The third-order valence-corrected chi connectivity index (χ3v) is 5.05. The number of para-hydroxylation sites is 1. The van der Waals surface area contributed by atoms with E-state index in [9.17, 15) is 14.5 Å². The van der Waals surface area contributed by atoms with Crippen LogP contribution in [0.5, 0.6) is 0 Å². The van der Waals surface area contributed by atoms with Crippen LogP contribution in [0, 0.1) is 22.9 Å². The topological polar surface area (TPSA) is 113 Å². The first-order chi connectivity index (χ1) is 14.0. The van der Waals surface area contributed by atoms with Crippen molar-refractivity contribution in [3.05, 3.63) is 64.0 Å². The summed E-state index contributed by atoms with van der Waals surface area (Å²) in [7, 11) is 0. The van der Waals surface area contributed by atoms with E-state index in [1.165, 1.54) is 18.5 Å². The van der Waals surface area contributed by atoms with Crippen LogP contribution in [0.25, 0.3) is 0 Å². The molecule has 0 amide bonds. The zero-order valence-corrected chi connectivity index (χ0v) is 15.8. The molecule has 0 radical (unpaired) electrons.